The van der Waals surface area contributed by atoms with Crippen molar-refractivity contribution < 1.29 is 9.53 Å². The molecular formula is C11H22N2O2. The van der Waals surface area contributed by atoms with E-state index in [1.807, 2.05) is 0 Å². The number of nitrogens with one attached hydrogen (secondary N) is 2. The van der Waals surface area contributed by atoms with Gasteiger partial charge >= 0.3 is 0 Å². The van der Waals surface area contributed by atoms with Crippen molar-refractivity contribution in [3.63, 3.8) is 0 Å². The van der Waals surface area contributed by atoms with Gasteiger partial charge in [-0.2, -0.15) is 0 Å². The topological polar surface area (TPSA) is 50.4 Å². The summed E-state index contributed by atoms with van der Waals surface area (Å²) in [4.78, 5) is 11.0. The summed E-state index contributed by atoms with van der Waals surface area (Å²) in [5.41, 5.74) is 0. The van der Waals surface area contributed by atoms with Crippen molar-refractivity contribution >= 4 is 5.91 Å². The predicted molar refractivity (Wildman–Crippen MR) is 59.7 cm³/mol. The number of amides is 1. The first-order valence-electron chi connectivity index (χ1n) is 5.80. The van der Waals surface area contributed by atoms with Gasteiger partial charge in [-0.25, -0.2) is 0 Å². The van der Waals surface area contributed by atoms with Crippen molar-refractivity contribution in [3.05, 3.63) is 0 Å². The van der Waals surface area contributed by atoms with E-state index < -0.39 is 0 Å². The van der Waals surface area contributed by atoms with Crippen LogP contribution in [0.1, 0.15) is 26.2 Å². The SMILES string of the molecule is CCC1OCCC1CNCCC(=O)NC. The van der Waals surface area contributed by atoms with Crippen LogP contribution in [0.15, 0.2) is 0 Å². The minimum atomic E-state index is 0.0946. The van der Waals surface area contributed by atoms with E-state index in [4.69, 9.17) is 4.74 Å². The van der Waals surface area contributed by atoms with E-state index in [9.17, 15) is 4.79 Å². The Hall–Kier alpha value is -0.610. The fourth-order valence-electron chi connectivity index (χ4n) is 1.99. The van der Waals surface area contributed by atoms with Crippen LogP contribution in [-0.4, -0.2) is 38.8 Å². The molecule has 4 heteroatoms. The zero-order valence-electron chi connectivity index (χ0n) is 9.71. The van der Waals surface area contributed by atoms with E-state index >= 15 is 0 Å². The minimum absolute atomic E-state index is 0.0946. The van der Waals surface area contributed by atoms with Gasteiger partial charge in [-0.05, 0) is 18.8 Å². The maximum absolute atomic E-state index is 11.0. The highest BCUT2D eigenvalue weighted by Crippen LogP contribution is 2.22. The third-order valence-electron chi connectivity index (χ3n) is 2.96. The molecule has 0 bridgehead atoms. The monoisotopic (exact) mass is 214 g/mol. The molecule has 88 valence electrons. The summed E-state index contributed by atoms with van der Waals surface area (Å²) < 4.78 is 5.59. The van der Waals surface area contributed by atoms with Gasteiger partial charge in [-0.15, -0.1) is 0 Å². The zero-order valence-corrected chi connectivity index (χ0v) is 9.71. The number of hydrogen-bond donors (Lipinski definition) is 2. The number of carbonyl (C=O) groups is 1. The smallest absolute Gasteiger partial charge is 0.221 e. The highest BCUT2D eigenvalue weighted by Gasteiger charge is 2.25. The number of carbonyl (C=O) groups excluding carboxylic acids is 1. The average Bonchev–Trinajstić information content (AvgIpc) is 2.71. The molecule has 0 aliphatic carbocycles. The molecule has 1 amide bonds. The first kappa shape index (κ1) is 12.5. The fourth-order valence-corrected chi connectivity index (χ4v) is 1.99. The van der Waals surface area contributed by atoms with Crippen LogP contribution in [-0.2, 0) is 9.53 Å². The maximum atomic E-state index is 11.0. The van der Waals surface area contributed by atoms with Crippen molar-refractivity contribution in [1.29, 1.82) is 0 Å². The largest absolute Gasteiger partial charge is 0.378 e. The summed E-state index contributed by atoms with van der Waals surface area (Å²) >= 11 is 0. The van der Waals surface area contributed by atoms with Crippen molar-refractivity contribution in [3.8, 4) is 0 Å². The molecule has 1 heterocycles. The lowest BCUT2D eigenvalue weighted by atomic mass is 10.00. The molecule has 2 unspecified atom stereocenters. The minimum Gasteiger partial charge on any atom is -0.378 e. The predicted octanol–water partition coefficient (Wildman–Crippen LogP) is 0.527. The van der Waals surface area contributed by atoms with Gasteiger partial charge in [0.15, 0.2) is 0 Å². The Morgan fingerprint density at radius 3 is 3.00 bits per heavy atom. The first-order chi connectivity index (χ1) is 7.27. The fraction of sp³-hybridized carbons (Fsp3) is 0.909. The van der Waals surface area contributed by atoms with E-state index in [1.165, 1.54) is 0 Å². The lowest BCUT2D eigenvalue weighted by Crippen LogP contribution is -2.31. The van der Waals surface area contributed by atoms with E-state index in [1.54, 1.807) is 7.05 Å². The zero-order chi connectivity index (χ0) is 11.1. The number of ether oxygens (including phenoxy) is 1. The molecule has 0 aromatic carbocycles. The molecule has 0 spiro atoms. The Balaban J connectivity index is 2.06. The second kappa shape index (κ2) is 6.80. The molecule has 1 rings (SSSR count). The maximum Gasteiger partial charge on any atom is 0.221 e. The average molecular weight is 214 g/mol. The van der Waals surface area contributed by atoms with Gasteiger partial charge in [0, 0.05) is 33.2 Å². The molecule has 0 radical (unpaired) electrons. The summed E-state index contributed by atoms with van der Waals surface area (Å²) in [6.07, 6.45) is 3.20. The van der Waals surface area contributed by atoms with E-state index in [2.05, 4.69) is 17.6 Å². The van der Waals surface area contributed by atoms with Crippen LogP contribution in [0.2, 0.25) is 0 Å². The molecule has 1 fully saturated rings. The molecule has 0 saturated carbocycles. The number of rotatable bonds is 6. The van der Waals surface area contributed by atoms with Gasteiger partial charge in [0.1, 0.15) is 0 Å². The second-order valence-electron chi connectivity index (χ2n) is 3.99. The normalized spacial score (nSPS) is 25.5. The Labute approximate surface area is 91.8 Å². The molecule has 2 N–H and O–H groups in total. The molecule has 1 saturated heterocycles. The third-order valence-corrected chi connectivity index (χ3v) is 2.96. The van der Waals surface area contributed by atoms with Crippen LogP contribution in [0.3, 0.4) is 0 Å². The Kier molecular flexibility index (Phi) is 5.65. The standard InChI is InChI=1S/C11H22N2O2/c1-3-10-9(5-7-15-10)8-13-6-4-11(14)12-2/h9-10,13H,3-8H2,1-2H3,(H,12,14). The quantitative estimate of drug-likeness (QED) is 0.634. The van der Waals surface area contributed by atoms with Crippen molar-refractivity contribution in [1.82, 2.24) is 10.6 Å². The Morgan fingerprint density at radius 2 is 2.33 bits per heavy atom. The first-order valence-corrected chi connectivity index (χ1v) is 5.80. The van der Waals surface area contributed by atoms with Crippen molar-refractivity contribution in [2.45, 2.75) is 32.3 Å². The van der Waals surface area contributed by atoms with Gasteiger partial charge in [0.05, 0.1) is 6.10 Å². The second-order valence-corrected chi connectivity index (χ2v) is 3.99. The molecule has 0 aromatic rings. The van der Waals surface area contributed by atoms with Crippen molar-refractivity contribution in [2.24, 2.45) is 5.92 Å². The molecule has 15 heavy (non-hydrogen) atoms. The molecule has 0 aromatic heterocycles. The summed E-state index contributed by atoms with van der Waals surface area (Å²) in [5, 5.41) is 5.93. The van der Waals surface area contributed by atoms with Crippen LogP contribution in [0.25, 0.3) is 0 Å². The highest BCUT2D eigenvalue weighted by atomic mass is 16.5. The molecule has 2 atom stereocenters. The summed E-state index contributed by atoms with van der Waals surface area (Å²) in [5.74, 6) is 0.719. The van der Waals surface area contributed by atoms with Crippen LogP contribution in [0, 0.1) is 5.92 Å². The van der Waals surface area contributed by atoms with E-state index in [0.29, 0.717) is 18.4 Å². The van der Waals surface area contributed by atoms with Crippen LogP contribution in [0.5, 0.6) is 0 Å². The van der Waals surface area contributed by atoms with Crippen LogP contribution < -0.4 is 10.6 Å². The van der Waals surface area contributed by atoms with Gasteiger partial charge in [-0.1, -0.05) is 6.92 Å². The molecule has 4 nitrogen and oxygen atoms in total. The van der Waals surface area contributed by atoms with Crippen LogP contribution in [0.4, 0.5) is 0 Å². The van der Waals surface area contributed by atoms with Crippen molar-refractivity contribution in [2.75, 3.05) is 26.7 Å². The summed E-state index contributed by atoms with van der Waals surface area (Å²) in [6.45, 7) is 4.77. The molecular weight excluding hydrogens is 192 g/mol. The van der Waals surface area contributed by atoms with Gasteiger partial charge in [0.25, 0.3) is 0 Å². The summed E-state index contributed by atoms with van der Waals surface area (Å²) in [6, 6.07) is 0. The van der Waals surface area contributed by atoms with Gasteiger partial charge in [-0.3, -0.25) is 4.79 Å². The molecule has 1 aliphatic rings. The highest BCUT2D eigenvalue weighted by molar-refractivity contribution is 5.75. The summed E-state index contributed by atoms with van der Waals surface area (Å²) in [7, 11) is 1.67. The molecule has 1 aliphatic heterocycles. The third kappa shape index (κ3) is 4.18. The lowest BCUT2D eigenvalue weighted by molar-refractivity contribution is -0.120. The van der Waals surface area contributed by atoms with E-state index in [-0.39, 0.29) is 5.91 Å². The van der Waals surface area contributed by atoms with Gasteiger partial charge < -0.3 is 15.4 Å². The van der Waals surface area contributed by atoms with E-state index in [0.717, 1.165) is 32.5 Å². The van der Waals surface area contributed by atoms with Gasteiger partial charge in [0.2, 0.25) is 5.91 Å². The van der Waals surface area contributed by atoms with Crippen LogP contribution >= 0.6 is 0 Å². The Bertz CT molecular complexity index is 197. The number of hydrogen-bond acceptors (Lipinski definition) is 3. The lowest BCUT2D eigenvalue weighted by Gasteiger charge is -2.16. The Morgan fingerprint density at radius 1 is 1.53 bits per heavy atom.